The van der Waals surface area contributed by atoms with Crippen LogP contribution in [0.15, 0.2) is 47.4 Å². The van der Waals surface area contributed by atoms with Crippen LogP contribution in [0.1, 0.15) is 25.0 Å². The fourth-order valence-electron chi connectivity index (χ4n) is 4.84. The van der Waals surface area contributed by atoms with Gasteiger partial charge in [-0.1, -0.05) is 12.0 Å². The molecule has 1 aliphatic rings. The third kappa shape index (κ3) is 7.76. The number of likely N-dealkylation sites (tertiary alicyclic amines) is 1. The number of alkyl halides is 3. The minimum Gasteiger partial charge on any atom is -0.495 e. The lowest BCUT2D eigenvalue weighted by Crippen LogP contribution is -2.39. The van der Waals surface area contributed by atoms with E-state index in [0.717, 1.165) is 66.8 Å². The van der Waals surface area contributed by atoms with Crippen molar-refractivity contribution in [3.63, 3.8) is 0 Å². The summed E-state index contributed by atoms with van der Waals surface area (Å²) in [5.74, 6) is 6.51. The predicted molar refractivity (Wildman–Crippen MR) is 151 cm³/mol. The maximum absolute atomic E-state index is 13.5. The first-order valence-corrected chi connectivity index (χ1v) is 13.8. The molecule has 39 heavy (non-hydrogen) atoms. The van der Waals surface area contributed by atoms with E-state index < -0.39 is 12.7 Å². The molecule has 5 N–H and O–H groups in total. The number of methoxy groups -OCH3 is 1. The van der Waals surface area contributed by atoms with E-state index >= 15 is 0 Å². The smallest absolute Gasteiger partial charge is 0.406 e. The van der Waals surface area contributed by atoms with E-state index in [1.807, 2.05) is 18.2 Å². The normalized spacial score (nSPS) is 14.7. The molecule has 0 bridgehead atoms. The predicted octanol–water partition coefficient (Wildman–Crippen LogP) is 4.90. The second-order valence-electron chi connectivity index (χ2n) is 9.44. The van der Waals surface area contributed by atoms with Gasteiger partial charge in [-0.15, -0.1) is 0 Å². The van der Waals surface area contributed by atoms with Crippen LogP contribution in [0.5, 0.6) is 5.75 Å². The summed E-state index contributed by atoms with van der Waals surface area (Å²) in [6.45, 7) is 2.01. The van der Waals surface area contributed by atoms with Crippen LogP contribution in [0.4, 0.5) is 24.5 Å². The molecule has 210 valence electrons. The summed E-state index contributed by atoms with van der Waals surface area (Å²) in [6.07, 6.45) is -1.77. The number of hydrogen-bond donors (Lipinski definition) is 4. The first-order chi connectivity index (χ1) is 18.8. The van der Waals surface area contributed by atoms with E-state index in [1.54, 1.807) is 31.4 Å². The minimum absolute atomic E-state index is 0.186. The van der Waals surface area contributed by atoms with Crippen LogP contribution in [0.2, 0.25) is 0 Å². The van der Waals surface area contributed by atoms with Crippen LogP contribution in [0, 0.1) is 11.8 Å². The highest BCUT2D eigenvalue weighted by Gasteiger charge is 2.30. The molecule has 1 aliphatic heterocycles. The first-order valence-electron chi connectivity index (χ1n) is 12.9. The van der Waals surface area contributed by atoms with Crippen LogP contribution >= 0.6 is 11.9 Å². The molecule has 0 amide bonds. The third-order valence-corrected chi connectivity index (χ3v) is 7.28. The maximum Gasteiger partial charge on any atom is 0.406 e. The number of nitrogens with two attached hydrogens (primary N) is 1. The molecule has 0 spiro atoms. The van der Waals surface area contributed by atoms with Gasteiger partial charge in [0.05, 0.1) is 30.6 Å². The van der Waals surface area contributed by atoms with Crippen LogP contribution in [0.25, 0.3) is 10.9 Å². The lowest BCUT2D eigenvalue weighted by Gasteiger charge is -2.32. The van der Waals surface area contributed by atoms with Gasteiger partial charge in [-0.25, -0.2) is 0 Å². The van der Waals surface area contributed by atoms with E-state index in [1.165, 1.54) is 4.57 Å². The summed E-state index contributed by atoms with van der Waals surface area (Å²) in [5, 5.41) is 22.1. The zero-order valence-electron chi connectivity index (χ0n) is 21.9. The van der Waals surface area contributed by atoms with Crippen LogP contribution in [-0.2, 0) is 6.54 Å². The molecule has 11 heteroatoms. The Morgan fingerprint density at radius 1 is 1.15 bits per heavy atom. The second kappa shape index (κ2) is 13.3. The van der Waals surface area contributed by atoms with Gasteiger partial charge in [-0.2, -0.15) is 13.2 Å². The van der Waals surface area contributed by atoms with Crippen molar-refractivity contribution in [2.45, 2.75) is 42.9 Å². The molecule has 2 heterocycles. The number of fused-ring (bicyclic) bond motifs is 1. The van der Waals surface area contributed by atoms with E-state index in [9.17, 15) is 13.2 Å². The number of hydrogen-bond acceptors (Lipinski definition) is 7. The van der Waals surface area contributed by atoms with Crippen molar-refractivity contribution in [2.75, 3.05) is 50.5 Å². The Morgan fingerprint density at radius 2 is 1.95 bits per heavy atom. The van der Waals surface area contributed by atoms with Gasteiger partial charge in [0.25, 0.3) is 0 Å². The molecule has 1 fully saturated rings. The zero-order valence-corrected chi connectivity index (χ0v) is 22.7. The Bertz CT molecular complexity index is 1310. The van der Waals surface area contributed by atoms with Crippen molar-refractivity contribution >= 4 is 34.2 Å². The number of aliphatic hydroxyl groups excluding tert-OH is 1. The number of ether oxygens (including phenoxy) is 1. The largest absolute Gasteiger partial charge is 0.495 e. The molecule has 4 rings (SSSR count). The number of rotatable bonds is 10. The highest BCUT2D eigenvalue weighted by molar-refractivity contribution is 7.97. The SMILES string of the molecule is COc1cc(SN)ccc1NCC#Cc1cc2c(NC3CCN(CCCO)CC3)cccc2n1CC(F)(F)F. The van der Waals surface area contributed by atoms with Crippen molar-refractivity contribution in [1.29, 1.82) is 0 Å². The van der Waals surface area contributed by atoms with Gasteiger partial charge in [0.15, 0.2) is 0 Å². The molecular weight excluding hydrogens is 527 g/mol. The molecule has 0 radical (unpaired) electrons. The van der Waals surface area contributed by atoms with Gasteiger partial charge in [0.2, 0.25) is 0 Å². The van der Waals surface area contributed by atoms with Crippen LogP contribution in [0.3, 0.4) is 0 Å². The summed E-state index contributed by atoms with van der Waals surface area (Å²) in [7, 11) is 1.55. The Balaban J connectivity index is 1.53. The summed E-state index contributed by atoms with van der Waals surface area (Å²) < 4.78 is 47.2. The van der Waals surface area contributed by atoms with E-state index in [4.69, 9.17) is 15.0 Å². The summed E-state index contributed by atoms with van der Waals surface area (Å²) in [5.41, 5.74) is 2.32. The van der Waals surface area contributed by atoms with Gasteiger partial charge in [-0.3, -0.25) is 5.14 Å². The molecule has 0 saturated carbocycles. The highest BCUT2D eigenvalue weighted by Crippen LogP contribution is 2.32. The molecule has 2 aromatic carbocycles. The van der Waals surface area contributed by atoms with E-state index in [2.05, 4.69) is 27.4 Å². The van der Waals surface area contributed by atoms with Crippen molar-refractivity contribution in [1.82, 2.24) is 9.47 Å². The first kappa shape index (κ1) is 29.0. The molecule has 0 atom stereocenters. The fourth-order valence-corrected chi connectivity index (χ4v) is 5.17. The van der Waals surface area contributed by atoms with Crippen molar-refractivity contribution < 1.29 is 23.0 Å². The number of piperidine rings is 1. The highest BCUT2D eigenvalue weighted by atomic mass is 32.2. The molecule has 1 saturated heterocycles. The topological polar surface area (TPSA) is 87.7 Å². The number of benzene rings is 2. The Labute approximate surface area is 231 Å². The number of anilines is 2. The lowest BCUT2D eigenvalue weighted by atomic mass is 10.0. The Morgan fingerprint density at radius 3 is 2.64 bits per heavy atom. The Hall–Kier alpha value is -3.04. The maximum atomic E-state index is 13.5. The molecule has 0 aliphatic carbocycles. The average Bonchev–Trinajstić information content (AvgIpc) is 3.27. The van der Waals surface area contributed by atoms with Gasteiger partial charge < -0.3 is 29.9 Å². The molecular formula is C28H34F3N5O2S. The molecule has 7 nitrogen and oxygen atoms in total. The van der Waals surface area contributed by atoms with Gasteiger partial charge in [0, 0.05) is 48.3 Å². The monoisotopic (exact) mass is 561 g/mol. The lowest BCUT2D eigenvalue weighted by molar-refractivity contribution is -0.140. The zero-order chi connectivity index (χ0) is 27.8. The molecule has 3 aromatic rings. The Kier molecular flexibility index (Phi) is 9.91. The average molecular weight is 562 g/mol. The molecule has 1 aromatic heterocycles. The number of halogens is 3. The summed E-state index contributed by atoms with van der Waals surface area (Å²) >= 11 is 1.11. The fraction of sp³-hybridized carbons (Fsp3) is 0.429. The van der Waals surface area contributed by atoms with Crippen molar-refractivity contribution in [3.8, 4) is 17.6 Å². The summed E-state index contributed by atoms with van der Waals surface area (Å²) in [4.78, 5) is 3.18. The standard InChI is InChI=1S/C28H34F3N5O2S/c1-38-27-18-22(39-32)8-9-25(27)33-12-3-5-21-17-23-24(6-2-7-26(23)36(21)19-28(29,30)31)34-20-10-14-35(15-11-20)13-4-16-37/h2,6-9,17-18,20,33-34,37H,4,10-16,19,32H2,1H3. The van der Waals surface area contributed by atoms with Crippen LogP contribution in [-0.4, -0.2) is 66.7 Å². The van der Waals surface area contributed by atoms with Crippen LogP contribution < -0.4 is 20.5 Å². The third-order valence-electron chi connectivity index (χ3n) is 6.76. The number of nitrogens with zero attached hydrogens (tertiary/aromatic N) is 2. The number of nitrogens with one attached hydrogen (secondary N) is 2. The van der Waals surface area contributed by atoms with E-state index in [0.29, 0.717) is 22.6 Å². The van der Waals surface area contributed by atoms with Gasteiger partial charge >= 0.3 is 6.18 Å². The minimum atomic E-state index is -4.39. The second-order valence-corrected chi connectivity index (χ2v) is 10.1. The van der Waals surface area contributed by atoms with Crippen molar-refractivity contribution in [3.05, 3.63) is 48.2 Å². The number of aromatic nitrogens is 1. The van der Waals surface area contributed by atoms with Gasteiger partial charge in [-0.05, 0) is 73.5 Å². The van der Waals surface area contributed by atoms with Crippen molar-refractivity contribution in [2.24, 2.45) is 5.14 Å². The quantitative estimate of drug-likeness (QED) is 0.207. The van der Waals surface area contributed by atoms with Gasteiger partial charge in [0.1, 0.15) is 12.3 Å². The van der Waals surface area contributed by atoms with E-state index in [-0.39, 0.29) is 19.2 Å². The number of aliphatic hydroxyl groups is 1. The molecule has 0 unspecified atom stereocenters. The summed E-state index contributed by atoms with van der Waals surface area (Å²) in [6, 6.07) is 12.8.